The van der Waals surface area contributed by atoms with E-state index in [4.69, 9.17) is 0 Å². The molecular weight excluding hydrogens is 268 g/mol. The molecule has 0 aliphatic rings. The minimum absolute atomic E-state index is 1.02. The lowest BCUT2D eigenvalue weighted by Crippen LogP contribution is -2.18. The summed E-state index contributed by atoms with van der Waals surface area (Å²) < 4.78 is 0. The summed E-state index contributed by atoms with van der Waals surface area (Å²) in [6.07, 6.45) is 10.9. The first-order valence-electron chi connectivity index (χ1n) is 9.15. The van der Waals surface area contributed by atoms with Crippen LogP contribution in [0, 0.1) is 0 Å². The zero-order valence-electron chi connectivity index (χ0n) is 15.0. The lowest BCUT2D eigenvalue weighted by molar-refractivity contribution is 0.402. The van der Waals surface area contributed by atoms with Crippen LogP contribution in [-0.2, 0) is 13.0 Å². The Balaban J connectivity index is 1.98. The quantitative estimate of drug-likeness (QED) is 0.534. The molecule has 0 unspecified atom stereocenters. The molecule has 0 aliphatic heterocycles. The van der Waals surface area contributed by atoms with E-state index < -0.39 is 0 Å². The number of rotatable bonds is 13. The summed E-state index contributed by atoms with van der Waals surface area (Å²) in [6, 6.07) is 9.06. The summed E-state index contributed by atoms with van der Waals surface area (Å²) in [4.78, 5) is 2.21. The monoisotopic (exact) mass is 304 g/mol. The fraction of sp³-hybridized carbons (Fsp3) is 0.700. The van der Waals surface area contributed by atoms with Crippen molar-refractivity contribution in [2.75, 3.05) is 27.2 Å². The van der Waals surface area contributed by atoms with E-state index in [0.29, 0.717) is 0 Å². The molecule has 0 amide bonds. The highest BCUT2D eigenvalue weighted by Gasteiger charge is 1.97. The second-order valence-electron chi connectivity index (χ2n) is 6.68. The van der Waals surface area contributed by atoms with E-state index in [1.54, 1.807) is 0 Å². The van der Waals surface area contributed by atoms with Crippen LogP contribution in [0.3, 0.4) is 0 Å². The number of hydrogen-bond donors (Lipinski definition) is 1. The number of hydrogen-bond acceptors (Lipinski definition) is 2. The molecule has 2 heteroatoms. The largest absolute Gasteiger partial charge is 0.316 e. The summed E-state index contributed by atoms with van der Waals surface area (Å²) in [6.45, 7) is 5.58. The highest BCUT2D eigenvalue weighted by atomic mass is 15.0. The van der Waals surface area contributed by atoms with Crippen LogP contribution in [-0.4, -0.2) is 32.1 Å². The van der Waals surface area contributed by atoms with E-state index in [-0.39, 0.29) is 0 Å². The van der Waals surface area contributed by atoms with Gasteiger partial charge in [-0.15, -0.1) is 0 Å². The highest BCUT2D eigenvalue weighted by Crippen LogP contribution is 2.07. The van der Waals surface area contributed by atoms with Crippen molar-refractivity contribution in [2.45, 2.75) is 64.8 Å². The molecule has 0 saturated carbocycles. The molecule has 0 aromatic heterocycles. The van der Waals surface area contributed by atoms with Gasteiger partial charge in [-0.1, -0.05) is 69.7 Å². The summed E-state index contributed by atoms with van der Waals surface area (Å²) in [5, 5.41) is 3.57. The molecule has 1 N–H and O–H groups in total. The van der Waals surface area contributed by atoms with Gasteiger partial charge in [0.05, 0.1) is 0 Å². The van der Waals surface area contributed by atoms with Crippen molar-refractivity contribution in [1.82, 2.24) is 10.2 Å². The molecule has 0 atom stereocenters. The van der Waals surface area contributed by atoms with E-state index in [1.165, 1.54) is 62.6 Å². The Labute approximate surface area is 138 Å². The predicted octanol–water partition coefficient (Wildman–Crippen LogP) is 4.63. The van der Waals surface area contributed by atoms with E-state index in [1.807, 2.05) is 0 Å². The number of nitrogens with one attached hydrogen (secondary N) is 1. The van der Waals surface area contributed by atoms with Crippen molar-refractivity contribution in [1.29, 1.82) is 0 Å². The topological polar surface area (TPSA) is 15.3 Å². The molecule has 0 fully saturated rings. The first-order valence-corrected chi connectivity index (χ1v) is 9.15. The van der Waals surface area contributed by atoms with E-state index in [9.17, 15) is 0 Å². The number of benzene rings is 1. The molecule has 2 nitrogen and oxygen atoms in total. The lowest BCUT2D eigenvalue weighted by atomic mass is 10.1. The zero-order valence-corrected chi connectivity index (χ0v) is 15.0. The van der Waals surface area contributed by atoms with Crippen molar-refractivity contribution in [2.24, 2.45) is 0 Å². The Morgan fingerprint density at radius 1 is 0.773 bits per heavy atom. The van der Waals surface area contributed by atoms with E-state index in [2.05, 4.69) is 55.5 Å². The molecule has 1 aromatic carbocycles. The second-order valence-corrected chi connectivity index (χ2v) is 6.68. The van der Waals surface area contributed by atoms with Gasteiger partial charge in [0.1, 0.15) is 0 Å². The molecular formula is C20H36N2. The lowest BCUT2D eigenvalue weighted by Gasteiger charge is -2.10. The number of nitrogens with zero attached hydrogens (tertiary/aromatic N) is 1. The summed E-state index contributed by atoms with van der Waals surface area (Å²) >= 11 is 0. The molecule has 0 heterocycles. The SMILES string of the molecule is CCCCCCCCCNCCc1ccc(CN(C)C)cc1. The Morgan fingerprint density at radius 3 is 2.00 bits per heavy atom. The average molecular weight is 305 g/mol. The van der Waals surface area contributed by atoms with Crippen molar-refractivity contribution in [3.63, 3.8) is 0 Å². The van der Waals surface area contributed by atoms with Crippen LogP contribution in [0.25, 0.3) is 0 Å². The van der Waals surface area contributed by atoms with Crippen LogP contribution >= 0.6 is 0 Å². The molecule has 0 spiro atoms. The summed E-state index contributed by atoms with van der Waals surface area (Å²) in [5.74, 6) is 0. The van der Waals surface area contributed by atoms with Crippen molar-refractivity contribution in [3.05, 3.63) is 35.4 Å². The first kappa shape index (κ1) is 19.2. The van der Waals surface area contributed by atoms with Gasteiger partial charge < -0.3 is 10.2 Å². The maximum absolute atomic E-state index is 3.57. The van der Waals surface area contributed by atoms with Gasteiger partial charge in [0.15, 0.2) is 0 Å². The standard InChI is InChI=1S/C20H36N2/c1-4-5-6-7-8-9-10-16-21-17-15-19-11-13-20(14-12-19)18-22(2)3/h11-14,21H,4-10,15-18H2,1-3H3. The van der Waals surface area contributed by atoms with E-state index >= 15 is 0 Å². The third-order valence-corrected chi connectivity index (χ3v) is 4.07. The van der Waals surface area contributed by atoms with Gasteiger partial charge >= 0.3 is 0 Å². The molecule has 22 heavy (non-hydrogen) atoms. The fourth-order valence-corrected chi connectivity index (χ4v) is 2.74. The molecule has 0 bridgehead atoms. The van der Waals surface area contributed by atoms with Crippen molar-refractivity contribution < 1.29 is 0 Å². The van der Waals surface area contributed by atoms with Crippen LogP contribution in [0.4, 0.5) is 0 Å². The minimum atomic E-state index is 1.02. The van der Waals surface area contributed by atoms with Crippen molar-refractivity contribution in [3.8, 4) is 0 Å². The van der Waals surface area contributed by atoms with Gasteiger partial charge in [0.25, 0.3) is 0 Å². The van der Waals surface area contributed by atoms with Gasteiger partial charge in [-0.3, -0.25) is 0 Å². The Morgan fingerprint density at radius 2 is 1.36 bits per heavy atom. The van der Waals surface area contributed by atoms with Gasteiger partial charge in [-0.2, -0.15) is 0 Å². The van der Waals surface area contributed by atoms with Crippen LogP contribution in [0.15, 0.2) is 24.3 Å². The summed E-state index contributed by atoms with van der Waals surface area (Å²) in [5.41, 5.74) is 2.83. The van der Waals surface area contributed by atoms with Gasteiger partial charge in [0.2, 0.25) is 0 Å². The second kappa shape index (κ2) is 12.7. The Hall–Kier alpha value is -0.860. The van der Waals surface area contributed by atoms with Crippen LogP contribution in [0.1, 0.15) is 63.0 Å². The molecule has 1 aromatic rings. The Kier molecular flexibility index (Phi) is 11.0. The smallest absolute Gasteiger partial charge is 0.0227 e. The number of unbranched alkanes of at least 4 members (excludes halogenated alkanes) is 6. The molecule has 126 valence electrons. The van der Waals surface area contributed by atoms with Crippen LogP contribution in [0.5, 0.6) is 0 Å². The average Bonchev–Trinajstić information content (AvgIpc) is 2.50. The molecule has 0 saturated heterocycles. The van der Waals surface area contributed by atoms with E-state index in [0.717, 1.165) is 19.5 Å². The Bertz CT molecular complexity index is 356. The third kappa shape index (κ3) is 9.97. The zero-order chi connectivity index (χ0) is 16.0. The predicted molar refractivity (Wildman–Crippen MR) is 98.4 cm³/mol. The summed E-state index contributed by atoms with van der Waals surface area (Å²) in [7, 11) is 4.23. The maximum Gasteiger partial charge on any atom is 0.0227 e. The first-order chi connectivity index (χ1) is 10.7. The normalized spacial score (nSPS) is 11.3. The molecule has 1 rings (SSSR count). The molecule has 0 aliphatic carbocycles. The van der Waals surface area contributed by atoms with Gasteiger partial charge in [0, 0.05) is 6.54 Å². The highest BCUT2D eigenvalue weighted by molar-refractivity contribution is 5.22. The minimum Gasteiger partial charge on any atom is -0.316 e. The maximum atomic E-state index is 3.57. The fourth-order valence-electron chi connectivity index (χ4n) is 2.74. The van der Waals surface area contributed by atoms with Crippen LogP contribution < -0.4 is 5.32 Å². The molecule has 0 radical (unpaired) electrons. The van der Waals surface area contributed by atoms with Gasteiger partial charge in [-0.25, -0.2) is 0 Å². The van der Waals surface area contributed by atoms with Crippen LogP contribution in [0.2, 0.25) is 0 Å². The van der Waals surface area contributed by atoms with Crippen molar-refractivity contribution >= 4 is 0 Å². The third-order valence-electron chi connectivity index (χ3n) is 4.07. The van der Waals surface area contributed by atoms with Gasteiger partial charge in [-0.05, 0) is 51.2 Å².